The van der Waals surface area contributed by atoms with Gasteiger partial charge in [0.1, 0.15) is 0 Å². The largest absolute Gasteiger partial charge is 0.235 e. The quantitative estimate of drug-likeness (QED) is 0.398. The van der Waals surface area contributed by atoms with E-state index >= 15 is 0 Å². The normalized spacial score (nSPS) is 43.2. The van der Waals surface area contributed by atoms with Crippen molar-refractivity contribution in [3.63, 3.8) is 0 Å². The molecular formula is C12H12N2O2. The van der Waals surface area contributed by atoms with Crippen molar-refractivity contribution in [2.75, 3.05) is 0 Å². The maximum Gasteiger partial charge on any atom is 0.235 e. The van der Waals surface area contributed by atoms with Gasteiger partial charge in [-0.25, -0.2) is 14.6 Å². The fourth-order valence-corrected chi connectivity index (χ4v) is 3.85. The fraction of sp³-hybridized carbons (Fsp3) is 0.667. The van der Waals surface area contributed by atoms with Crippen molar-refractivity contribution < 1.29 is 9.59 Å². The maximum absolute atomic E-state index is 10.4. The number of carbonyl (C=O) groups excluding carboxylic acids is 2. The highest BCUT2D eigenvalue weighted by atomic mass is 16.1. The maximum atomic E-state index is 10.4. The Balaban J connectivity index is 1.86. The van der Waals surface area contributed by atoms with Gasteiger partial charge < -0.3 is 0 Å². The van der Waals surface area contributed by atoms with E-state index in [1.54, 1.807) is 12.2 Å². The van der Waals surface area contributed by atoms with Gasteiger partial charge in [-0.15, -0.1) is 0 Å². The molecule has 0 spiro atoms. The van der Waals surface area contributed by atoms with Crippen LogP contribution >= 0.6 is 0 Å². The molecule has 2 bridgehead atoms. The van der Waals surface area contributed by atoms with Gasteiger partial charge in [-0.05, 0) is 42.6 Å². The minimum atomic E-state index is 0.0775. The summed E-state index contributed by atoms with van der Waals surface area (Å²) in [6, 6.07) is 0.214. The lowest BCUT2D eigenvalue weighted by Crippen LogP contribution is -2.16. The Morgan fingerprint density at radius 1 is 1.12 bits per heavy atom. The first-order valence-corrected chi connectivity index (χ1v) is 5.69. The van der Waals surface area contributed by atoms with E-state index in [0.717, 1.165) is 19.3 Å². The molecule has 4 nitrogen and oxygen atoms in total. The molecule has 2 saturated carbocycles. The molecule has 0 amide bonds. The topological polar surface area (TPSA) is 58.9 Å². The first kappa shape index (κ1) is 9.71. The Labute approximate surface area is 93.2 Å². The van der Waals surface area contributed by atoms with Crippen molar-refractivity contribution in [1.82, 2.24) is 0 Å². The molecule has 3 rings (SSSR count). The van der Waals surface area contributed by atoms with Crippen LogP contribution in [0, 0.1) is 17.8 Å². The second-order valence-corrected chi connectivity index (χ2v) is 4.88. The van der Waals surface area contributed by atoms with Crippen molar-refractivity contribution in [3.05, 3.63) is 11.6 Å². The predicted molar refractivity (Wildman–Crippen MR) is 56.2 cm³/mol. The van der Waals surface area contributed by atoms with E-state index in [2.05, 4.69) is 16.1 Å². The average Bonchev–Trinajstić information content (AvgIpc) is 2.89. The Hall–Kier alpha value is -1.50. The van der Waals surface area contributed by atoms with Crippen LogP contribution in [0.4, 0.5) is 0 Å². The minimum Gasteiger partial charge on any atom is -0.211 e. The Kier molecular flexibility index (Phi) is 2.13. The van der Waals surface area contributed by atoms with Crippen molar-refractivity contribution in [3.8, 4) is 0 Å². The summed E-state index contributed by atoms with van der Waals surface area (Å²) in [6.45, 7) is 0. The van der Waals surface area contributed by atoms with Crippen LogP contribution in [-0.4, -0.2) is 24.2 Å². The van der Waals surface area contributed by atoms with E-state index in [0.29, 0.717) is 17.8 Å². The number of hydrogen-bond acceptors (Lipinski definition) is 4. The van der Waals surface area contributed by atoms with Crippen LogP contribution in [-0.2, 0) is 9.59 Å². The molecule has 16 heavy (non-hydrogen) atoms. The molecule has 5 atom stereocenters. The van der Waals surface area contributed by atoms with Crippen molar-refractivity contribution in [2.45, 2.75) is 31.3 Å². The van der Waals surface area contributed by atoms with Gasteiger partial charge in [-0.1, -0.05) is 6.08 Å². The first-order chi connectivity index (χ1) is 7.85. The van der Waals surface area contributed by atoms with E-state index in [1.165, 1.54) is 5.57 Å². The number of nitrogens with zero attached hydrogens (tertiary/aromatic N) is 2. The van der Waals surface area contributed by atoms with Gasteiger partial charge in [-0.3, -0.25) is 0 Å². The predicted octanol–water partition coefficient (Wildman–Crippen LogP) is 1.38. The fourth-order valence-electron chi connectivity index (χ4n) is 3.85. The van der Waals surface area contributed by atoms with E-state index in [-0.39, 0.29) is 12.1 Å². The van der Waals surface area contributed by atoms with Crippen LogP contribution < -0.4 is 0 Å². The third-order valence-electron chi connectivity index (χ3n) is 4.37. The van der Waals surface area contributed by atoms with Gasteiger partial charge in [0, 0.05) is 0 Å². The molecule has 0 aromatic carbocycles. The zero-order valence-electron chi connectivity index (χ0n) is 8.80. The zero-order chi connectivity index (χ0) is 11.1. The number of rotatable bonds is 2. The van der Waals surface area contributed by atoms with Crippen LogP contribution in [0.3, 0.4) is 0 Å². The highest BCUT2D eigenvalue weighted by Crippen LogP contribution is 2.57. The summed E-state index contributed by atoms with van der Waals surface area (Å²) in [5.74, 6) is 1.50. The summed E-state index contributed by atoms with van der Waals surface area (Å²) >= 11 is 0. The summed E-state index contributed by atoms with van der Waals surface area (Å²) < 4.78 is 0. The van der Waals surface area contributed by atoms with E-state index < -0.39 is 0 Å². The molecule has 3 aliphatic carbocycles. The highest BCUT2D eigenvalue weighted by molar-refractivity contribution is 5.41. The van der Waals surface area contributed by atoms with Crippen LogP contribution in [0.25, 0.3) is 0 Å². The average molecular weight is 216 g/mol. The molecule has 0 radical (unpaired) electrons. The summed E-state index contributed by atoms with van der Waals surface area (Å²) in [4.78, 5) is 28.4. The molecule has 0 saturated heterocycles. The van der Waals surface area contributed by atoms with Gasteiger partial charge in [-0.2, -0.15) is 4.99 Å². The van der Waals surface area contributed by atoms with Crippen molar-refractivity contribution in [2.24, 2.45) is 27.7 Å². The number of aliphatic imine (C=N–C) groups is 2. The Morgan fingerprint density at radius 3 is 2.62 bits per heavy atom. The lowest BCUT2D eigenvalue weighted by molar-refractivity contribution is 0.336. The standard InChI is InChI=1S/C12H12N2O2/c15-5-13-7-3-10-8-1-2-9(11(10)4-7)12(8)14-6-16/h1,7,9-12H,2-4H2. The third kappa shape index (κ3) is 1.18. The Bertz CT molecular complexity index is 444. The van der Waals surface area contributed by atoms with Gasteiger partial charge >= 0.3 is 0 Å². The molecule has 4 heteroatoms. The van der Waals surface area contributed by atoms with Crippen LogP contribution in [0.5, 0.6) is 0 Å². The molecular weight excluding hydrogens is 204 g/mol. The summed E-state index contributed by atoms with van der Waals surface area (Å²) in [6.07, 6.45) is 8.44. The van der Waals surface area contributed by atoms with Gasteiger partial charge in [0.15, 0.2) is 0 Å². The SMILES string of the molecule is O=C=NC1CC2C3=CCC(C3N=C=O)C2C1. The molecule has 5 unspecified atom stereocenters. The van der Waals surface area contributed by atoms with Gasteiger partial charge in [0.25, 0.3) is 0 Å². The second-order valence-electron chi connectivity index (χ2n) is 4.88. The van der Waals surface area contributed by atoms with E-state index in [9.17, 15) is 9.59 Å². The summed E-state index contributed by atoms with van der Waals surface area (Å²) in [5.41, 5.74) is 1.29. The third-order valence-corrected chi connectivity index (χ3v) is 4.37. The lowest BCUT2D eigenvalue weighted by Gasteiger charge is -2.18. The molecule has 0 heterocycles. The molecule has 2 fully saturated rings. The number of isocyanates is 2. The number of hydrogen-bond donors (Lipinski definition) is 0. The monoisotopic (exact) mass is 216 g/mol. The smallest absolute Gasteiger partial charge is 0.211 e. The molecule has 82 valence electrons. The van der Waals surface area contributed by atoms with Crippen molar-refractivity contribution in [1.29, 1.82) is 0 Å². The van der Waals surface area contributed by atoms with E-state index in [4.69, 9.17) is 0 Å². The molecule has 0 aromatic rings. The van der Waals surface area contributed by atoms with Crippen LogP contribution in [0.2, 0.25) is 0 Å². The Morgan fingerprint density at radius 2 is 1.94 bits per heavy atom. The molecule has 3 aliphatic rings. The summed E-state index contributed by atoms with van der Waals surface area (Å²) in [5, 5.41) is 0. The zero-order valence-corrected chi connectivity index (χ0v) is 8.80. The minimum absolute atomic E-state index is 0.0775. The summed E-state index contributed by atoms with van der Waals surface area (Å²) in [7, 11) is 0. The number of fused-ring (bicyclic) bond motifs is 5. The molecule has 0 aromatic heterocycles. The molecule has 0 aliphatic heterocycles. The first-order valence-electron chi connectivity index (χ1n) is 5.69. The van der Waals surface area contributed by atoms with Gasteiger partial charge in [0.2, 0.25) is 12.2 Å². The number of allylic oxidation sites excluding steroid dienone is 1. The molecule has 0 N–H and O–H groups in total. The van der Waals surface area contributed by atoms with E-state index in [1.807, 2.05) is 0 Å². The van der Waals surface area contributed by atoms with Gasteiger partial charge in [0.05, 0.1) is 12.1 Å². The van der Waals surface area contributed by atoms with Crippen molar-refractivity contribution >= 4 is 12.2 Å². The second kappa shape index (κ2) is 3.51. The lowest BCUT2D eigenvalue weighted by atomic mass is 9.86. The highest BCUT2D eigenvalue weighted by Gasteiger charge is 2.53. The van der Waals surface area contributed by atoms with Crippen LogP contribution in [0.1, 0.15) is 19.3 Å². The van der Waals surface area contributed by atoms with Crippen LogP contribution in [0.15, 0.2) is 21.6 Å².